The SMILES string of the molecule is CCOC(=O)OCC1OC(c2ccc(Br)c(Cc3ccc(OC)cc3)c2)C(O)C(O)C1F.COc1ccc(Cc2cc(C3OC(CO)C(F)C(O)C3O)ccc2Br)cc1. The Morgan fingerprint density at radius 1 is 0.644 bits per heavy atom. The number of halogens is 4. The first-order valence-corrected chi connectivity index (χ1v) is 20.4. The van der Waals surface area contributed by atoms with Crippen molar-refractivity contribution in [3.8, 4) is 11.5 Å². The summed E-state index contributed by atoms with van der Waals surface area (Å²) in [6.07, 6.45) is -14.1. The molecule has 6 rings (SSSR count). The zero-order valence-corrected chi connectivity index (χ0v) is 35.7. The van der Waals surface area contributed by atoms with Gasteiger partial charge in [0.05, 0.1) is 27.4 Å². The lowest BCUT2D eigenvalue weighted by molar-refractivity contribution is -0.215. The summed E-state index contributed by atoms with van der Waals surface area (Å²) in [5, 5.41) is 50.2. The average molecular weight is 955 g/mol. The molecule has 4 aromatic rings. The van der Waals surface area contributed by atoms with Gasteiger partial charge in [-0.3, -0.25) is 0 Å². The largest absolute Gasteiger partial charge is 0.508 e. The van der Waals surface area contributed by atoms with E-state index < -0.39 is 80.5 Å². The molecule has 16 heteroatoms. The predicted molar refractivity (Wildman–Crippen MR) is 219 cm³/mol. The highest BCUT2D eigenvalue weighted by Gasteiger charge is 2.47. The van der Waals surface area contributed by atoms with Crippen molar-refractivity contribution < 1.29 is 67.5 Å². The molecule has 0 aromatic heterocycles. The third kappa shape index (κ3) is 11.8. The Bertz CT molecular complexity index is 1950. The molecule has 10 unspecified atom stereocenters. The van der Waals surface area contributed by atoms with Gasteiger partial charge < -0.3 is 54.0 Å². The standard InChI is InChI=1S/C23H26BrFO7.C20H22BrFO5/c1-3-30-23(28)31-12-18-19(25)20(26)21(27)22(32-18)14-6-9-17(24)15(11-14)10-13-4-7-16(29-2)8-5-13;1-26-14-5-2-11(3-6-14)8-13-9-12(4-7-15(13)21)20-19(25)18(24)17(22)16(10-23)27-20/h4-9,11,18-22,26-27H,3,10,12H2,1-2H3;2-7,9,16-20,23-25H,8,10H2,1H3. The molecular weight excluding hydrogens is 906 g/mol. The first-order chi connectivity index (χ1) is 28.3. The molecule has 320 valence electrons. The van der Waals surface area contributed by atoms with Crippen LogP contribution in [0, 0.1) is 0 Å². The minimum Gasteiger partial charge on any atom is -0.497 e. The molecule has 2 saturated heterocycles. The Labute approximate surface area is 357 Å². The fourth-order valence-electron chi connectivity index (χ4n) is 6.74. The Kier molecular flexibility index (Phi) is 17.1. The van der Waals surface area contributed by atoms with Crippen molar-refractivity contribution in [2.45, 2.75) is 80.9 Å². The molecule has 2 fully saturated rings. The molecule has 2 aliphatic rings. The van der Waals surface area contributed by atoms with Crippen molar-refractivity contribution in [1.29, 1.82) is 0 Å². The highest BCUT2D eigenvalue weighted by Crippen LogP contribution is 2.37. The molecule has 0 amide bonds. The van der Waals surface area contributed by atoms with Gasteiger partial charge in [0, 0.05) is 8.95 Å². The highest BCUT2D eigenvalue weighted by atomic mass is 79.9. The van der Waals surface area contributed by atoms with Crippen LogP contribution >= 0.6 is 31.9 Å². The number of alkyl halides is 2. The topological polar surface area (TPSA) is 174 Å². The van der Waals surface area contributed by atoms with E-state index in [4.69, 9.17) is 23.7 Å². The van der Waals surface area contributed by atoms with E-state index in [-0.39, 0.29) is 6.61 Å². The van der Waals surface area contributed by atoms with E-state index in [1.54, 1.807) is 33.3 Å². The number of methoxy groups -OCH3 is 2. The number of rotatable bonds is 12. The van der Waals surface area contributed by atoms with Gasteiger partial charge in [-0.05, 0) is 89.5 Å². The summed E-state index contributed by atoms with van der Waals surface area (Å²) in [5.41, 5.74) is 5.15. The molecule has 4 aromatic carbocycles. The Hall–Kier alpha value is -3.71. The predicted octanol–water partition coefficient (Wildman–Crippen LogP) is 6.26. The minimum absolute atomic E-state index is 0.114. The minimum atomic E-state index is -1.93. The smallest absolute Gasteiger partial charge is 0.497 e. The van der Waals surface area contributed by atoms with Crippen molar-refractivity contribution in [1.82, 2.24) is 0 Å². The van der Waals surface area contributed by atoms with E-state index in [2.05, 4.69) is 36.6 Å². The van der Waals surface area contributed by atoms with Crippen LogP contribution in [0.15, 0.2) is 93.9 Å². The lowest BCUT2D eigenvalue weighted by Gasteiger charge is -2.39. The zero-order chi connectivity index (χ0) is 42.8. The first-order valence-electron chi connectivity index (χ1n) is 18.8. The number of benzene rings is 4. The molecule has 59 heavy (non-hydrogen) atoms. The van der Waals surface area contributed by atoms with Crippen LogP contribution in [0.5, 0.6) is 11.5 Å². The number of carbonyl (C=O) groups is 1. The van der Waals surface area contributed by atoms with Crippen molar-refractivity contribution >= 4 is 38.0 Å². The zero-order valence-electron chi connectivity index (χ0n) is 32.5. The number of aliphatic hydroxyl groups excluding tert-OH is 5. The van der Waals surface area contributed by atoms with Gasteiger partial charge in [-0.25, -0.2) is 13.6 Å². The van der Waals surface area contributed by atoms with E-state index in [1.807, 2.05) is 72.8 Å². The van der Waals surface area contributed by atoms with Gasteiger partial charge in [-0.1, -0.05) is 80.4 Å². The summed E-state index contributed by atoms with van der Waals surface area (Å²) in [5.74, 6) is 1.53. The van der Waals surface area contributed by atoms with Gasteiger partial charge >= 0.3 is 6.16 Å². The second-order valence-electron chi connectivity index (χ2n) is 14.0. The number of ether oxygens (including phenoxy) is 6. The van der Waals surface area contributed by atoms with E-state index >= 15 is 0 Å². The monoisotopic (exact) mass is 952 g/mol. The lowest BCUT2D eigenvalue weighted by Crippen LogP contribution is -2.53. The normalized spacial score (nSPS) is 26.6. The molecule has 0 radical (unpaired) electrons. The second-order valence-corrected chi connectivity index (χ2v) is 15.7. The fourth-order valence-corrected chi connectivity index (χ4v) is 7.51. The Balaban J connectivity index is 0.000000227. The van der Waals surface area contributed by atoms with Crippen LogP contribution in [-0.4, -0.2) is 115 Å². The molecule has 2 heterocycles. The van der Waals surface area contributed by atoms with Crippen LogP contribution in [0.25, 0.3) is 0 Å². The summed E-state index contributed by atoms with van der Waals surface area (Å²) >= 11 is 7.06. The van der Waals surface area contributed by atoms with Crippen LogP contribution in [0.1, 0.15) is 52.5 Å². The first kappa shape index (κ1) is 46.4. The van der Waals surface area contributed by atoms with Crippen LogP contribution < -0.4 is 9.47 Å². The van der Waals surface area contributed by atoms with Crippen LogP contribution in [0.3, 0.4) is 0 Å². The molecule has 0 aliphatic carbocycles. The number of aliphatic hydroxyl groups is 5. The highest BCUT2D eigenvalue weighted by molar-refractivity contribution is 9.10. The van der Waals surface area contributed by atoms with Crippen molar-refractivity contribution in [2.24, 2.45) is 0 Å². The van der Waals surface area contributed by atoms with Gasteiger partial charge in [0.1, 0.15) is 66.9 Å². The number of hydrogen-bond donors (Lipinski definition) is 5. The van der Waals surface area contributed by atoms with Gasteiger partial charge in [-0.2, -0.15) is 0 Å². The van der Waals surface area contributed by atoms with E-state index in [9.17, 15) is 39.1 Å². The van der Waals surface area contributed by atoms with Crippen LogP contribution in [-0.2, 0) is 31.8 Å². The van der Waals surface area contributed by atoms with Crippen LogP contribution in [0.4, 0.5) is 13.6 Å². The average Bonchev–Trinajstić information content (AvgIpc) is 3.24. The van der Waals surface area contributed by atoms with Gasteiger partial charge in [0.2, 0.25) is 0 Å². The lowest BCUT2D eigenvalue weighted by atomic mass is 9.90. The number of carbonyl (C=O) groups excluding carboxylic acids is 1. The van der Waals surface area contributed by atoms with Gasteiger partial charge in [-0.15, -0.1) is 0 Å². The summed E-state index contributed by atoms with van der Waals surface area (Å²) in [4.78, 5) is 11.4. The molecule has 2 aliphatic heterocycles. The molecule has 0 saturated carbocycles. The maximum absolute atomic E-state index is 14.5. The molecule has 12 nitrogen and oxygen atoms in total. The quantitative estimate of drug-likeness (QED) is 0.101. The summed E-state index contributed by atoms with van der Waals surface area (Å²) in [6.45, 7) is 0.707. The third-order valence-corrected chi connectivity index (χ3v) is 11.6. The van der Waals surface area contributed by atoms with Crippen LogP contribution in [0.2, 0.25) is 0 Å². The van der Waals surface area contributed by atoms with Crippen molar-refractivity contribution in [3.05, 3.63) is 127 Å². The Morgan fingerprint density at radius 3 is 1.47 bits per heavy atom. The summed E-state index contributed by atoms with van der Waals surface area (Å²) < 4.78 is 61.3. The van der Waals surface area contributed by atoms with E-state index in [0.29, 0.717) is 24.0 Å². The fraction of sp³-hybridized carbons (Fsp3) is 0.419. The van der Waals surface area contributed by atoms with E-state index in [1.165, 1.54) is 0 Å². The van der Waals surface area contributed by atoms with Gasteiger partial charge in [0.25, 0.3) is 0 Å². The summed E-state index contributed by atoms with van der Waals surface area (Å²) in [6, 6.07) is 26.1. The second kappa shape index (κ2) is 21.7. The number of hydrogen-bond acceptors (Lipinski definition) is 12. The Morgan fingerprint density at radius 2 is 1.07 bits per heavy atom. The maximum atomic E-state index is 14.5. The molecule has 10 atom stereocenters. The maximum Gasteiger partial charge on any atom is 0.508 e. The molecule has 0 bridgehead atoms. The van der Waals surface area contributed by atoms with Crippen molar-refractivity contribution in [2.75, 3.05) is 34.0 Å². The van der Waals surface area contributed by atoms with Crippen molar-refractivity contribution in [3.63, 3.8) is 0 Å². The van der Waals surface area contributed by atoms with Gasteiger partial charge in [0.15, 0.2) is 12.3 Å². The summed E-state index contributed by atoms with van der Waals surface area (Å²) in [7, 11) is 3.21. The third-order valence-electron chi connectivity index (χ3n) is 10.0. The molecule has 5 N–H and O–H groups in total. The molecule has 0 spiro atoms. The van der Waals surface area contributed by atoms with E-state index in [0.717, 1.165) is 42.7 Å². The molecular formula is C43H48Br2F2O12.